The second-order valence-electron chi connectivity index (χ2n) is 4.58. The Morgan fingerprint density at radius 2 is 2.38 bits per heavy atom. The number of benzene rings is 1. The number of aliphatic carboxylic acids is 1. The molecule has 1 heterocycles. The van der Waals surface area contributed by atoms with E-state index in [0.717, 1.165) is 24.9 Å². The molecule has 1 aromatic rings. The SMILES string of the molecule is Cc1cccc(CC2(C(=O)O)CCCN2)c1. The summed E-state index contributed by atoms with van der Waals surface area (Å²) in [5.41, 5.74) is 1.53. The third kappa shape index (κ3) is 2.09. The van der Waals surface area contributed by atoms with Crippen molar-refractivity contribution < 1.29 is 9.90 Å². The first-order valence-electron chi connectivity index (χ1n) is 5.66. The minimum atomic E-state index is -0.742. The maximum atomic E-state index is 11.4. The predicted octanol–water partition coefficient (Wildman–Crippen LogP) is 1.74. The summed E-state index contributed by atoms with van der Waals surface area (Å²) < 4.78 is 0. The summed E-state index contributed by atoms with van der Waals surface area (Å²) in [6, 6.07) is 8.07. The molecule has 1 aliphatic rings. The smallest absolute Gasteiger partial charge is 0.324 e. The zero-order valence-corrected chi connectivity index (χ0v) is 9.49. The van der Waals surface area contributed by atoms with E-state index >= 15 is 0 Å². The highest BCUT2D eigenvalue weighted by atomic mass is 16.4. The number of nitrogens with one attached hydrogen (secondary N) is 1. The Balaban J connectivity index is 2.21. The average molecular weight is 219 g/mol. The summed E-state index contributed by atoms with van der Waals surface area (Å²) in [6.45, 7) is 2.83. The van der Waals surface area contributed by atoms with E-state index in [2.05, 4.69) is 11.4 Å². The summed E-state index contributed by atoms with van der Waals surface area (Å²) >= 11 is 0. The van der Waals surface area contributed by atoms with Gasteiger partial charge in [0.15, 0.2) is 0 Å². The Morgan fingerprint density at radius 3 is 2.94 bits per heavy atom. The molecule has 3 heteroatoms. The van der Waals surface area contributed by atoms with E-state index in [4.69, 9.17) is 0 Å². The molecule has 86 valence electrons. The van der Waals surface area contributed by atoms with Gasteiger partial charge in [0.1, 0.15) is 5.54 Å². The highest BCUT2D eigenvalue weighted by Gasteiger charge is 2.40. The van der Waals surface area contributed by atoms with E-state index in [1.54, 1.807) is 0 Å². The van der Waals surface area contributed by atoms with Crippen molar-refractivity contribution in [2.24, 2.45) is 0 Å². The third-order valence-corrected chi connectivity index (χ3v) is 3.24. The van der Waals surface area contributed by atoms with Gasteiger partial charge < -0.3 is 10.4 Å². The molecule has 1 unspecified atom stereocenters. The van der Waals surface area contributed by atoms with E-state index in [-0.39, 0.29) is 0 Å². The van der Waals surface area contributed by atoms with Crippen molar-refractivity contribution in [3.8, 4) is 0 Å². The van der Waals surface area contributed by atoms with Crippen LogP contribution in [0, 0.1) is 6.92 Å². The van der Waals surface area contributed by atoms with Crippen LogP contribution in [0.1, 0.15) is 24.0 Å². The summed E-state index contributed by atoms with van der Waals surface area (Å²) in [5, 5.41) is 12.5. The standard InChI is InChI=1S/C13H17NO2/c1-10-4-2-5-11(8-10)9-13(12(15)16)6-3-7-14-13/h2,4-5,8,14H,3,6-7,9H2,1H3,(H,15,16). The number of carboxylic acid groups (broad SMARTS) is 1. The first-order chi connectivity index (χ1) is 7.62. The first-order valence-corrected chi connectivity index (χ1v) is 5.66. The molecule has 2 N–H and O–H groups in total. The summed E-state index contributed by atoms with van der Waals surface area (Å²) in [4.78, 5) is 11.4. The number of carbonyl (C=O) groups is 1. The van der Waals surface area contributed by atoms with Crippen LogP contribution in [0.4, 0.5) is 0 Å². The Kier molecular flexibility index (Phi) is 2.97. The topological polar surface area (TPSA) is 49.3 Å². The molecule has 1 fully saturated rings. The number of rotatable bonds is 3. The van der Waals surface area contributed by atoms with E-state index in [0.29, 0.717) is 6.42 Å². The number of hydrogen-bond acceptors (Lipinski definition) is 2. The summed E-state index contributed by atoms with van der Waals surface area (Å²) in [5.74, 6) is -0.730. The quantitative estimate of drug-likeness (QED) is 0.814. The van der Waals surface area contributed by atoms with E-state index in [9.17, 15) is 9.90 Å². The lowest BCUT2D eigenvalue weighted by atomic mass is 9.89. The van der Waals surface area contributed by atoms with Gasteiger partial charge in [-0.1, -0.05) is 29.8 Å². The van der Waals surface area contributed by atoms with Gasteiger partial charge in [-0.05, 0) is 31.9 Å². The van der Waals surface area contributed by atoms with Gasteiger partial charge in [0.25, 0.3) is 0 Å². The summed E-state index contributed by atoms with van der Waals surface area (Å²) in [7, 11) is 0. The van der Waals surface area contributed by atoms with Crippen molar-refractivity contribution in [1.82, 2.24) is 5.32 Å². The molecule has 1 aliphatic heterocycles. The lowest BCUT2D eigenvalue weighted by molar-refractivity contribution is -0.144. The molecule has 0 bridgehead atoms. The second-order valence-corrected chi connectivity index (χ2v) is 4.58. The van der Waals surface area contributed by atoms with Crippen LogP contribution >= 0.6 is 0 Å². The van der Waals surface area contributed by atoms with Crippen LogP contribution in [0.15, 0.2) is 24.3 Å². The van der Waals surface area contributed by atoms with Gasteiger partial charge >= 0.3 is 5.97 Å². The van der Waals surface area contributed by atoms with Gasteiger partial charge in [-0.3, -0.25) is 4.79 Å². The zero-order valence-electron chi connectivity index (χ0n) is 9.49. The fraction of sp³-hybridized carbons (Fsp3) is 0.462. The van der Waals surface area contributed by atoms with Gasteiger partial charge in [-0.2, -0.15) is 0 Å². The molecule has 1 saturated heterocycles. The highest BCUT2D eigenvalue weighted by molar-refractivity contribution is 5.79. The van der Waals surface area contributed by atoms with Gasteiger partial charge in [0.2, 0.25) is 0 Å². The monoisotopic (exact) mass is 219 g/mol. The minimum absolute atomic E-state index is 0.573. The van der Waals surface area contributed by atoms with Crippen LogP contribution in [0.2, 0.25) is 0 Å². The molecule has 16 heavy (non-hydrogen) atoms. The summed E-state index contributed by atoms with van der Waals surface area (Å²) in [6.07, 6.45) is 2.23. The Hall–Kier alpha value is -1.35. The zero-order chi connectivity index (χ0) is 11.6. The molecule has 0 aromatic heterocycles. The Morgan fingerprint density at radius 1 is 1.56 bits per heavy atom. The molecule has 0 amide bonds. The molecule has 0 spiro atoms. The predicted molar refractivity (Wildman–Crippen MR) is 62.5 cm³/mol. The fourth-order valence-electron chi connectivity index (χ4n) is 2.39. The Bertz CT molecular complexity index is 395. The van der Waals surface area contributed by atoms with E-state index < -0.39 is 11.5 Å². The molecule has 0 aliphatic carbocycles. The number of hydrogen-bond donors (Lipinski definition) is 2. The first kappa shape index (κ1) is 11.1. The number of carboxylic acids is 1. The lowest BCUT2D eigenvalue weighted by Crippen LogP contribution is -2.49. The molecular formula is C13H17NO2. The maximum Gasteiger partial charge on any atom is 0.324 e. The molecule has 3 nitrogen and oxygen atoms in total. The van der Waals surface area contributed by atoms with Crippen LogP contribution < -0.4 is 5.32 Å². The highest BCUT2D eigenvalue weighted by Crippen LogP contribution is 2.24. The van der Waals surface area contributed by atoms with Crippen LogP contribution in [-0.4, -0.2) is 23.2 Å². The van der Waals surface area contributed by atoms with E-state index in [1.807, 2.05) is 25.1 Å². The van der Waals surface area contributed by atoms with Gasteiger partial charge in [0, 0.05) is 6.42 Å². The van der Waals surface area contributed by atoms with Crippen molar-refractivity contribution in [1.29, 1.82) is 0 Å². The van der Waals surface area contributed by atoms with Crippen LogP contribution in [0.25, 0.3) is 0 Å². The second kappa shape index (κ2) is 4.26. The molecule has 0 radical (unpaired) electrons. The van der Waals surface area contributed by atoms with Crippen LogP contribution in [0.5, 0.6) is 0 Å². The molecular weight excluding hydrogens is 202 g/mol. The third-order valence-electron chi connectivity index (χ3n) is 3.24. The largest absolute Gasteiger partial charge is 0.480 e. The minimum Gasteiger partial charge on any atom is -0.480 e. The van der Waals surface area contributed by atoms with Gasteiger partial charge in [0.05, 0.1) is 0 Å². The lowest BCUT2D eigenvalue weighted by Gasteiger charge is -2.24. The fourth-order valence-corrected chi connectivity index (χ4v) is 2.39. The number of aryl methyl sites for hydroxylation is 1. The molecule has 2 rings (SSSR count). The normalized spacial score (nSPS) is 24.6. The van der Waals surface area contributed by atoms with Gasteiger partial charge in [-0.25, -0.2) is 0 Å². The van der Waals surface area contributed by atoms with Gasteiger partial charge in [-0.15, -0.1) is 0 Å². The van der Waals surface area contributed by atoms with Crippen molar-refractivity contribution in [2.75, 3.05) is 6.54 Å². The van der Waals surface area contributed by atoms with Crippen LogP contribution in [-0.2, 0) is 11.2 Å². The van der Waals surface area contributed by atoms with Crippen molar-refractivity contribution >= 4 is 5.97 Å². The average Bonchev–Trinajstić information content (AvgIpc) is 2.67. The Labute approximate surface area is 95.5 Å². The maximum absolute atomic E-state index is 11.4. The van der Waals surface area contributed by atoms with E-state index in [1.165, 1.54) is 5.56 Å². The van der Waals surface area contributed by atoms with Crippen LogP contribution in [0.3, 0.4) is 0 Å². The van der Waals surface area contributed by atoms with Crippen molar-refractivity contribution in [3.63, 3.8) is 0 Å². The van der Waals surface area contributed by atoms with Crippen molar-refractivity contribution in [3.05, 3.63) is 35.4 Å². The molecule has 0 saturated carbocycles. The molecule has 1 atom stereocenters. The van der Waals surface area contributed by atoms with Crippen molar-refractivity contribution in [2.45, 2.75) is 31.7 Å². The molecule has 1 aromatic carbocycles.